The van der Waals surface area contributed by atoms with Crippen LogP contribution < -0.4 is 15.5 Å². The Morgan fingerprint density at radius 3 is 2.46 bits per heavy atom. The van der Waals surface area contributed by atoms with Crippen LogP contribution in [0.4, 0.5) is 20.2 Å². The van der Waals surface area contributed by atoms with Crippen molar-refractivity contribution in [2.24, 2.45) is 5.92 Å². The lowest BCUT2D eigenvalue weighted by atomic mass is 9.88. The van der Waals surface area contributed by atoms with Crippen LogP contribution in [-0.2, 0) is 19.9 Å². The highest BCUT2D eigenvalue weighted by molar-refractivity contribution is 6.05. The molecule has 4 fully saturated rings. The molecule has 0 bridgehead atoms. The zero-order chi connectivity index (χ0) is 44.2. The molecule has 3 aliphatic heterocycles. The molecule has 3 N–H and O–H groups in total. The fraction of sp³-hybridized carbons (Fsp3) is 0.478. The van der Waals surface area contributed by atoms with Gasteiger partial charge in [-0.25, -0.2) is 13.3 Å². The minimum absolute atomic E-state index is 0.0510. The predicted molar refractivity (Wildman–Crippen MR) is 230 cm³/mol. The molecule has 6 heterocycles. The number of benzene rings is 2. The number of hydrogen-bond acceptors (Lipinski definition) is 11. The van der Waals surface area contributed by atoms with Crippen molar-refractivity contribution >= 4 is 45.5 Å². The van der Waals surface area contributed by atoms with Gasteiger partial charge in [0.2, 0.25) is 11.8 Å². The third kappa shape index (κ3) is 8.52. The second-order valence-corrected chi connectivity index (χ2v) is 18.1. The van der Waals surface area contributed by atoms with Gasteiger partial charge in [0, 0.05) is 105 Å². The van der Waals surface area contributed by atoms with Gasteiger partial charge in [0.15, 0.2) is 0 Å². The van der Waals surface area contributed by atoms with Crippen LogP contribution in [0, 0.1) is 28.9 Å². The number of methoxy groups -OCH3 is 1. The van der Waals surface area contributed by atoms with E-state index in [-0.39, 0.29) is 30.5 Å². The minimum Gasteiger partial charge on any atom is -0.386 e. The van der Waals surface area contributed by atoms with Crippen molar-refractivity contribution in [3.05, 3.63) is 88.9 Å². The normalized spacial score (nSPS) is 22.9. The summed E-state index contributed by atoms with van der Waals surface area (Å²) in [4.78, 5) is 44.5. The summed E-state index contributed by atoms with van der Waals surface area (Å²) >= 11 is 0. The number of anilines is 2. The van der Waals surface area contributed by atoms with Gasteiger partial charge in [0.25, 0.3) is 5.91 Å². The first-order valence-electron chi connectivity index (χ1n) is 21.8. The Labute approximate surface area is 363 Å². The number of amides is 3. The number of carbonyl (C=O) groups excluding carboxylic acids is 3. The molecule has 3 aromatic heterocycles. The average Bonchev–Trinajstić information content (AvgIpc) is 3.86. The van der Waals surface area contributed by atoms with Crippen LogP contribution in [0.5, 0.6) is 0 Å². The van der Waals surface area contributed by atoms with Gasteiger partial charge in [-0.3, -0.25) is 34.2 Å². The van der Waals surface area contributed by atoms with E-state index in [4.69, 9.17) is 9.84 Å². The van der Waals surface area contributed by atoms with Crippen molar-refractivity contribution in [3.63, 3.8) is 0 Å². The van der Waals surface area contributed by atoms with Gasteiger partial charge in [-0.2, -0.15) is 15.5 Å². The molecule has 9 rings (SSSR count). The van der Waals surface area contributed by atoms with Crippen molar-refractivity contribution < 1.29 is 33.0 Å². The Balaban J connectivity index is 0.798. The number of nitrogens with one attached hydrogen (secondary N) is 2. The fourth-order valence-corrected chi connectivity index (χ4v) is 10.1. The summed E-state index contributed by atoms with van der Waals surface area (Å²) in [6.45, 7) is 8.92. The predicted octanol–water partition coefficient (Wildman–Crippen LogP) is 5.09. The molecule has 0 spiro atoms. The highest BCUT2D eigenvalue weighted by atomic mass is 19.1. The number of ether oxygens (including phenoxy) is 1. The highest BCUT2D eigenvalue weighted by Crippen LogP contribution is 2.38. The van der Waals surface area contributed by atoms with E-state index in [9.17, 15) is 24.8 Å². The Morgan fingerprint density at radius 2 is 1.76 bits per heavy atom. The van der Waals surface area contributed by atoms with Gasteiger partial charge in [0.1, 0.15) is 23.4 Å². The first-order chi connectivity index (χ1) is 30.3. The number of aromatic nitrogens is 4. The Bertz CT molecular complexity index is 2600. The third-order valence-electron chi connectivity index (χ3n) is 13.4. The maximum Gasteiger partial charge on any atom is 0.274 e. The number of halogens is 2. The second kappa shape index (κ2) is 17.1. The van der Waals surface area contributed by atoms with Crippen LogP contribution in [0.15, 0.2) is 54.9 Å². The van der Waals surface area contributed by atoms with E-state index in [1.54, 1.807) is 39.2 Å². The molecule has 3 amide bonds. The number of nitrogens with zero attached hydrogens (tertiary/aromatic N) is 8. The van der Waals surface area contributed by atoms with Crippen molar-refractivity contribution in [3.8, 4) is 6.07 Å². The van der Waals surface area contributed by atoms with Crippen LogP contribution in [0.1, 0.15) is 91.5 Å². The van der Waals surface area contributed by atoms with Gasteiger partial charge in [0.05, 0.1) is 47.0 Å². The van der Waals surface area contributed by atoms with Crippen molar-refractivity contribution in [2.45, 2.75) is 82.0 Å². The number of carbonyl (C=O) groups is 3. The molecular formula is C46H52F2N10O5. The molecule has 63 heavy (non-hydrogen) atoms. The molecule has 1 saturated carbocycles. The van der Waals surface area contributed by atoms with E-state index in [1.807, 2.05) is 27.9 Å². The Hall–Kier alpha value is -5.80. The first kappa shape index (κ1) is 42.5. The van der Waals surface area contributed by atoms with E-state index in [0.717, 1.165) is 62.8 Å². The van der Waals surface area contributed by atoms with E-state index in [1.165, 1.54) is 22.8 Å². The third-order valence-corrected chi connectivity index (χ3v) is 13.4. The molecule has 4 aliphatic rings. The largest absolute Gasteiger partial charge is 0.386 e. The summed E-state index contributed by atoms with van der Waals surface area (Å²) < 4.78 is 39.7. The van der Waals surface area contributed by atoms with Crippen LogP contribution in [0.2, 0.25) is 0 Å². The van der Waals surface area contributed by atoms with Gasteiger partial charge in [-0.05, 0) is 88.4 Å². The topological polar surface area (TPSA) is 173 Å². The molecule has 330 valence electrons. The van der Waals surface area contributed by atoms with Crippen LogP contribution >= 0.6 is 0 Å². The van der Waals surface area contributed by atoms with Gasteiger partial charge >= 0.3 is 0 Å². The smallest absolute Gasteiger partial charge is 0.274 e. The average molecular weight is 863 g/mol. The number of hydrogen-bond donors (Lipinski definition) is 3. The lowest BCUT2D eigenvalue weighted by Gasteiger charge is -2.49. The second-order valence-electron chi connectivity index (χ2n) is 18.1. The monoisotopic (exact) mass is 862 g/mol. The van der Waals surface area contributed by atoms with E-state index < -0.39 is 40.9 Å². The number of imide groups is 1. The number of piperazine rings is 1. The van der Waals surface area contributed by atoms with Crippen molar-refractivity contribution in [1.29, 1.82) is 5.26 Å². The molecule has 2 aromatic carbocycles. The van der Waals surface area contributed by atoms with E-state index in [0.29, 0.717) is 65.4 Å². The summed E-state index contributed by atoms with van der Waals surface area (Å²) in [5.74, 6) is -3.69. The van der Waals surface area contributed by atoms with Gasteiger partial charge in [-0.15, -0.1) is 0 Å². The summed E-state index contributed by atoms with van der Waals surface area (Å²) in [6, 6.07) is 14.3. The maximum absolute atomic E-state index is 15.2. The number of rotatable bonds is 11. The fourth-order valence-electron chi connectivity index (χ4n) is 10.1. The quantitative estimate of drug-likeness (QED) is 0.151. The van der Waals surface area contributed by atoms with Crippen molar-refractivity contribution in [1.82, 2.24) is 34.5 Å². The number of fused-ring (bicyclic) bond motifs is 2. The molecular weight excluding hydrogens is 811 g/mol. The number of nitriles is 1. The number of aliphatic hydroxyl groups is 1. The van der Waals surface area contributed by atoms with Crippen LogP contribution in [0.3, 0.4) is 0 Å². The highest BCUT2D eigenvalue weighted by Gasteiger charge is 2.38. The molecule has 5 aromatic rings. The summed E-state index contributed by atoms with van der Waals surface area (Å²) in [5.41, 5.74) is 2.01. The molecule has 17 heteroatoms. The summed E-state index contributed by atoms with van der Waals surface area (Å²) in [5, 5.41) is 35.7. The molecule has 0 radical (unpaired) electrons. The zero-order valence-electron chi connectivity index (χ0n) is 35.7. The minimum atomic E-state index is -1.26. The molecule has 2 atom stereocenters. The van der Waals surface area contributed by atoms with Crippen LogP contribution in [-0.4, -0.2) is 117 Å². The lowest BCUT2D eigenvalue weighted by Crippen LogP contribution is -2.61. The van der Waals surface area contributed by atoms with Crippen LogP contribution in [0.25, 0.3) is 16.4 Å². The summed E-state index contributed by atoms with van der Waals surface area (Å²) in [7, 11) is 1.73. The standard InChI is InChI=1S/C46H52F2N10O5/c1-46(2,62)36-18-39-29(15-40(36)51-45(61)41-10-8-32-14-27(19-49)20-50-58(32)41)24-57(53-39)31-6-4-30(5-7-31)55-13-12-54(34(25-55)26-63-3)21-28-22-56(23-28)33-16-37(47)43(38(48)17-33)35-9-11-42(59)52-44(35)60/h8,10,14-18,20,24,28,30-31,34-35,62H,4-7,9,11-13,21-23,25-26H2,1-3H3,(H,51,61)(H,52,59,60)/t30?,31?,34-,35-/m1/s1. The van der Waals surface area contributed by atoms with Crippen molar-refractivity contribution in [2.75, 3.05) is 63.2 Å². The van der Waals surface area contributed by atoms with E-state index >= 15 is 8.78 Å². The molecule has 0 unspecified atom stereocenters. The Morgan fingerprint density at radius 1 is 1.02 bits per heavy atom. The van der Waals surface area contributed by atoms with Gasteiger partial charge in [-0.1, -0.05) is 0 Å². The van der Waals surface area contributed by atoms with Gasteiger partial charge < -0.3 is 20.1 Å². The molecule has 1 aliphatic carbocycles. The maximum atomic E-state index is 15.2. The Kier molecular flexibility index (Phi) is 11.5. The summed E-state index contributed by atoms with van der Waals surface area (Å²) in [6.07, 6.45) is 7.56. The molecule has 3 saturated heterocycles. The first-order valence-corrected chi connectivity index (χ1v) is 21.8. The molecule has 15 nitrogen and oxygen atoms in total. The van der Waals surface area contributed by atoms with E-state index in [2.05, 4.69) is 31.6 Å². The SMILES string of the molecule is COC[C@H]1CN(C2CCC(n3cc4cc(NC(=O)c5ccc6cc(C#N)cnn56)c(C(C)(C)O)cc4n3)CC2)CCN1CC1CN(c2cc(F)c([C@H]3CCC(=O)NC3=O)c(F)c2)C1. The zero-order valence-corrected chi connectivity index (χ0v) is 35.7. The number of piperidine rings is 1. The lowest BCUT2D eigenvalue weighted by molar-refractivity contribution is -0.134.